The third kappa shape index (κ3) is 3.89. The van der Waals surface area contributed by atoms with Crippen LogP contribution in [0.1, 0.15) is 17.9 Å². The number of thiophene rings is 1. The average molecular weight is 458 g/mol. The molecule has 1 aliphatic heterocycles. The number of H-pyrrole nitrogens is 1. The van der Waals surface area contributed by atoms with Gasteiger partial charge in [-0.05, 0) is 30.7 Å². The van der Waals surface area contributed by atoms with Gasteiger partial charge < -0.3 is 14.6 Å². The van der Waals surface area contributed by atoms with Gasteiger partial charge >= 0.3 is 5.69 Å². The molecule has 0 amide bonds. The predicted octanol–water partition coefficient (Wildman–Crippen LogP) is 3.82. The third-order valence-corrected chi connectivity index (χ3v) is 7.16. The molecule has 1 saturated heterocycles. The summed E-state index contributed by atoms with van der Waals surface area (Å²) in [6, 6.07) is 15.9. The summed E-state index contributed by atoms with van der Waals surface area (Å²) in [7, 11) is 1.70. The van der Waals surface area contributed by atoms with E-state index < -0.39 is 0 Å². The largest absolute Gasteiger partial charge is 0.496 e. The summed E-state index contributed by atoms with van der Waals surface area (Å²) in [4.78, 5) is 30.9. The average Bonchev–Trinajstić information content (AvgIpc) is 3.39. The molecule has 0 unspecified atom stereocenters. The van der Waals surface area contributed by atoms with Crippen molar-refractivity contribution in [1.29, 1.82) is 0 Å². The summed E-state index contributed by atoms with van der Waals surface area (Å²) in [5, 5.41) is 0.929. The zero-order chi connectivity index (χ0) is 20.7. The molecule has 8 heteroatoms. The number of hydrogen-bond donors (Lipinski definition) is 1. The highest BCUT2D eigenvalue weighted by atomic mass is 35.5. The van der Waals surface area contributed by atoms with Crippen molar-refractivity contribution in [2.24, 2.45) is 0 Å². The van der Waals surface area contributed by atoms with Gasteiger partial charge in [0.2, 0.25) is 0 Å². The number of nitrogens with zero attached hydrogens (tertiary/aromatic N) is 2. The monoisotopic (exact) mass is 457 g/mol. The molecule has 6 nitrogen and oxygen atoms in total. The second-order valence-corrected chi connectivity index (χ2v) is 8.77. The van der Waals surface area contributed by atoms with Gasteiger partial charge in [-0.15, -0.1) is 23.7 Å². The van der Waals surface area contributed by atoms with Crippen LogP contribution in [0.5, 0.6) is 5.75 Å². The van der Waals surface area contributed by atoms with Crippen molar-refractivity contribution in [2.75, 3.05) is 26.7 Å². The maximum absolute atomic E-state index is 13.0. The van der Waals surface area contributed by atoms with Gasteiger partial charge in [0.05, 0.1) is 12.6 Å². The van der Waals surface area contributed by atoms with E-state index in [1.165, 1.54) is 21.5 Å². The molecule has 0 saturated carbocycles. The molecule has 0 spiro atoms. The molecule has 1 N–H and O–H groups in total. The fourth-order valence-electron chi connectivity index (χ4n) is 4.45. The Bertz CT molecular complexity index is 1340. The van der Waals surface area contributed by atoms with Gasteiger partial charge in [0.15, 0.2) is 0 Å². The molecule has 162 valence electrons. The minimum absolute atomic E-state index is 0. The van der Waals surface area contributed by atoms with E-state index in [1.807, 2.05) is 42.5 Å². The van der Waals surface area contributed by atoms with E-state index in [0.29, 0.717) is 29.2 Å². The quantitative estimate of drug-likeness (QED) is 0.494. The first-order chi connectivity index (χ1) is 14.7. The first-order valence-corrected chi connectivity index (χ1v) is 11.0. The molecular formula is C23H24ClN3O3S. The minimum Gasteiger partial charge on any atom is -0.496 e. The molecule has 0 bridgehead atoms. The van der Waals surface area contributed by atoms with Gasteiger partial charge in [0.1, 0.15) is 10.4 Å². The van der Waals surface area contributed by atoms with Gasteiger partial charge in [0.25, 0.3) is 5.56 Å². The Labute approximate surface area is 189 Å². The fourth-order valence-corrected chi connectivity index (χ4v) is 5.55. The number of rotatable bonds is 5. The molecular weight excluding hydrogens is 434 g/mol. The molecule has 1 aliphatic rings. The number of ether oxygens (including phenoxy) is 1. The van der Waals surface area contributed by atoms with Crippen LogP contribution < -0.4 is 16.0 Å². The second kappa shape index (κ2) is 8.86. The van der Waals surface area contributed by atoms with Crippen LogP contribution >= 0.6 is 23.7 Å². The normalized spacial score (nSPS) is 16.6. The molecule has 5 rings (SSSR count). The lowest BCUT2D eigenvalue weighted by molar-refractivity contribution is 0.313. The number of aromatic amines is 1. The molecule has 0 radical (unpaired) electrons. The van der Waals surface area contributed by atoms with Crippen molar-refractivity contribution >= 4 is 44.0 Å². The number of aromatic nitrogens is 2. The Morgan fingerprint density at radius 3 is 2.71 bits per heavy atom. The van der Waals surface area contributed by atoms with E-state index >= 15 is 0 Å². The van der Waals surface area contributed by atoms with Crippen LogP contribution in [0.4, 0.5) is 0 Å². The second-order valence-electron chi connectivity index (χ2n) is 7.72. The van der Waals surface area contributed by atoms with E-state index in [-0.39, 0.29) is 23.7 Å². The Balaban J connectivity index is 0.00000231. The smallest absolute Gasteiger partial charge is 0.328 e. The van der Waals surface area contributed by atoms with E-state index in [1.54, 1.807) is 7.11 Å². The molecule has 2 aromatic carbocycles. The summed E-state index contributed by atoms with van der Waals surface area (Å²) >= 11 is 1.44. The van der Waals surface area contributed by atoms with Crippen LogP contribution in [0.3, 0.4) is 0 Å². The van der Waals surface area contributed by atoms with Gasteiger partial charge in [0, 0.05) is 35.6 Å². The first kappa shape index (κ1) is 21.6. The molecule has 1 atom stereocenters. The highest BCUT2D eigenvalue weighted by molar-refractivity contribution is 7.25. The predicted molar refractivity (Wildman–Crippen MR) is 128 cm³/mol. The van der Waals surface area contributed by atoms with Crippen molar-refractivity contribution < 1.29 is 4.74 Å². The van der Waals surface area contributed by atoms with E-state index in [4.69, 9.17) is 4.74 Å². The lowest BCUT2D eigenvalue weighted by Gasteiger charge is -2.17. The molecule has 1 fully saturated rings. The zero-order valence-corrected chi connectivity index (χ0v) is 18.8. The van der Waals surface area contributed by atoms with Crippen molar-refractivity contribution in [3.05, 3.63) is 74.9 Å². The summed E-state index contributed by atoms with van der Waals surface area (Å²) in [6.45, 7) is 2.90. The number of methoxy groups -OCH3 is 1. The fraction of sp³-hybridized carbons (Fsp3) is 0.304. The number of nitrogens with one attached hydrogen (secondary N) is 1. The molecule has 4 aromatic rings. The van der Waals surface area contributed by atoms with Crippen molar-refractivity contribution in [3.8, 4) is 5.75 Å². The number of likely N-dealkylation sites (tertiary alicyclic amines) is 1. The first-order valence-electron chi connectivity index (χ1n) is 10.2. The summed E-state index contributed by atoms with van der Waals surface area (Å²) in [5.74, 6) is 1.33. The Kier molecular flexibility index (Phi) is 6.18. The number of fused-ring (bicyclic) bond motifs is 3. The number of hydrogen-bond acceptors (Lipinski definition) is 5. The van der Waals surface area contributed by atoms with Crippen LogP contribution in [0.25, 0.3) is 20.3 Å². The van der Waals surface area contributed by atoms with Crippen LogP contribution in [0.15, 0.2) is 58.1 Å². The van der Waals surface area contributed by atoms with Crippen molar-refractivity contribution in [3.63, 3.8) is 0 Å². The van der Waals surface area contributed by atoms with Crippen molar-refractivity contribution in [1.82, 2.24) is 14.5 Å². The number of para-hydroxylation sites is 1. The standard InChI is InChI=1S/C23H23N3O3S.ClH/c1-29-18-8-4-2-6-16(18)15-10-11-25(14-15)12-13-26-22(27)21-20(24-23(26)28)17-7-3-5-9-19(17)30-21;/h2-9,15H,10-14H2,1H3,(H,24,28);1H/t15-;/m1./s1. The highest BCUT2D eigenvalue weighted by Gasteiger charge is 2.26. The summed E-state index contributed by atoms with van der Waals surface area (Å²) < 4.78 is 8.48. The Hall–Kier alpha value is -2.61. The molecule has 31 heavy (non-hydrogen) atoms. The molecule has 2 aromatic heterocycles. The number of benzene rings is 2. The van der Waals surface area contributed by atoms with Crippen LogP contribution in [0.2, 0.25) is 0 Å². The highest BCUT2D eigenvalue weighted by Crippen LogP contribution is 2.33. The van der Waals surface area contributed by atoms with Crippen LogP contribution in [-0.4, -0.2) is 41.2 Å². The van der Waals surface area contributed by atoms with E-state index in [9.17, 15) is 9.59 Å². The van der Waals surface area contributed by atoms with Gasteiger partial charge in [-0.25, -0.2) is 4.79 Å². The van der Waals surface area contributed by atoms with Gasteiger partial charge in [-0.2, -0.15) is 0 Å². The molecule has 0 aliphatic carbocycles. The van der Waals surface area contributed by atoms with Crippen molar-refractivity contribution in [2.45, 2.75) is 18.9 Å². The Morgan fingerprint density at radius 2 is 1.87 bits per heavy atom. The maximum Gasteiger partial charge on any atom is 0.328 e. The number of halogens is 1. The maximum atomic E-state index is 13.0. The van der Waals surface area contributed by atoms with E-state index in [2.05, 4.69) is 16.0 Å². The third-order valence-electron chi connectivity index (χ3n) is 6.00. The topological polar surface area (TPSA) is 67.3 Å². The van der Waals surface area contributed by atoms with Gasteiger partial charge in [-0.1, -0.05) is 36.4 Å². The summed E-state index contributed by atoms with van der Waals surface area (Å²) in [6.07, 6.45) is 1.04. The minimum atomic E-state index is -0.337. The van der Waals surface area contributed by atoms with Gasteiger partial charge in [-0.3, -0.25) is 9.36 Å². The zero-order valence-electron chi connectivity index (χ0n) is 17.2. The lowest BCUT2D eigenvalue weighted by Crippen LogP contribution is -2.38. The Morgan fingerprint density at radius 1 is 1.10 bits per heavy atom. The summed E-state index contributed by atoms with van der Waals surface area (Å²) in [5.41, 5.74) is 1.34. The van der Waals surface area contributed by atoms with E-state index in [0.717, 1.165) is 35.3 Å². The van der Waals surface area contributed by atoms with Crippen LogP contribution in [-0.2, 0) is 6.54 Å². The molecule has 3 heterocycles. The lowest BCUT2D eigenvalue weighted by atomic mass is 9.97. The van der Waals surface area contributed by atoms with Crippen LogP contribution in [0, 0.1) is 0 Å². The SMILES string of the molecule is COc1ccccc1[C@@H]1CCN(CCn2c(=O)[nH]c3c(sc4ccccc43)c2=O)C1.Cl.